The molecule has 92 valence electrons. The highest BCUT2D eigenvalue weighted by molar-refractivity contribution is 5.77. The maximum Gasteiger partial charge on any atom is 0.303 e. The molecule has 0 aromatic rings. The lowest BCUT2D eigenvalue weighted by Crippen LogP contribution is -2.42. The summed E-state index contributed by atoms with van der Waals surface area (Å²) >= 11 is 0. The highest BCUT2D eigenvalue weighted by atomic mass is 16.4. The van der Waals surface area contributed by atoms with Crippen LogP contribution in [0.5, 0.6) is 0 Å². The highest BCUT2D eigenvalue weighted by Crippen LogP contribution is 2.19. The predicted molar refractivity (Wildman–Crippen MR) is 61.1 cm³/mol. The lowest BCUT2D eigenvalue weighted by molar-refractivity contribution is -0.139. The van der Waals surface area contributed by atoms with Crippen molar-refractivity contribution in [3.8, 4) is 0 Å². The Labute approximate surface area is 96.6 Å². The number of likely N-dealkylation sites (tertiary alicyclic amines) is 1. The van der Waals surface area contributed by atoms with E-state index in [4.69, 9.17) is 5.11 Å². The number of rotatable bonds is 4. The topological polar surface area (TPSA) is 57.6 Å². The third kappa shape index (κ3) is 3.83. The maximum atomic E-state index is 11.9. The molecule has 1 heterocycles. The molecule has 1 aliphatic rings. The molecule has 16 heavy (non-hydrogen) atoms. The van der Waals surface area contributed by atoms with Crippen molar-refractivity contribution in [3.05, 3.63) is 0 Å². The van der Waals surface area contributed by atoms with E-state index in [1.807, 2.05) is 11.8 Å². The summed E-state index contributed by atoms with van der Waals surface area (Å²) in [6, 6.07) is 0.318. The van der Waals surface area contributed by atoms with Gasteiger partial charge in [0.1, 0.15) is 0 Å². The van der Waals surface area contributed by atoms with Gasteiger partial charge in [0.2, 0.25) is 5.91 Å². The Morgan fingerprint density at radius 3 is 2.62 bits per heavy atom. The molecule has 0 aliphatic carbocycles. The molecule has 1 fully saturated rings. The molecule has 0 bridgehead atoms. The number of carbonyl (C=O) groups is 2. The molecule has 4 nitrogen and oxygen atoms in total. The molecule has 0 saturated carbocycles. The monoisotopic (exact) mass is 227 g/mol. The molecular formula is C12H21NO3. The van der Waals surface area contributed by atoms with Crippen molar-refractivity contribution in [2.75, 3.05) is 6.54 Å². The van der Waals surface area contributed by atoms with Crippen molar-refractivity contribution < 1.29 is 14.7 Å². The van der Waals surface area contributed by atoms with Crippen LogP contribution in [0.15, 0.2) is 0 Å². The van der Waals surface area contributed by atoms with Crippen LogP contribution in [0.25, 0.3) is 0 Å². The zero-order valence-corrected chi connectivity index (χ0v) is 10.1. The van der Waals surface area contributed by atoms with E-state index in [2.05, 4.69) is 6.92 Å². The number of carbonyl (C=O) groups excluding carboxylic acids is 1. The van der Waals surface area contributed by atoms with Crippen LogP contribution in [0.4, 0.5) is 0 Å². The van der Waals surface area contributed by atoms with Gasteiger partial charge in [-0.15, -0.1) is 0 Å². The van der Waals surface area contributed by atoms with Gasteiger partial charge < -0.3 is 10.0 Å². The van der Waals surface area contributed by atoms with Crippen LogP contribution in [0, 0.1) is 5.92 Å². The van der Waals surface area contributed by atoms with Crippen molar-refractivity contribution in [2.45, 2.75) is 52.0 Å². The Hall–Kier alpha value is -1.06. The van der Waals surface area contributed by atoms with Crippen LogP contribution >= 0.6 is 0 Å². The molecule has 0 radical (unpaired) electrons. The Morgan fingerprint density at radius 2 is 2.06 bits per heavy atom. The summed E-state index contributed by atoms with van der Waals surface area (Å²) in [7, 11) is 0. The minimum absolute atomic E-state index is 0.0703. The van der Waals surface area contributed by atoms with E-state index in [1.165, 1.54) is 6.42 Å². The van der Waals surface area contributed by atoms with E-state index >= 15 is 0 Å². The van der Waals surface area contributed by atoms with Gasteiger partial charge in [-0.1, -0.05) is 6.92 Å². The standard InChI is InChI=1S/C12H21NO3/c1-9(8-12(15)16)7-11(14)13-6-4-3-5-10(13)2/h9-10H,3-8H2,1-2H3,(H,15,16). The fourth-order valence-corrected chi connectivity index (χ4v) is 2.25. The first-order valence-electron chi connectivity index (χ1n) is 6.02. The smallest absolute Gasteiger partial charge is 0.303 e. The van der Waals surface area contributed by atoms with Gasteiger partial charge in [0, 0.05) is 25.4 Å². The SMILES string of the molecule is CC(CC(=O)O)CC(=O)N1CCCCC1C. The summed E-state index contributed by atoms with van der Waals surface area (Å²) < 4.78 is 0. The summed E-state index contributed by atoms with van der Waals surface area (Å²) in [5.41, 5.74) is 0. The second-order valence-corrected chi connectivity index (χ2v) is 4.84. The van der Waals surface area contributed by atoms with Crippen molar-refractivity contribution in [2.24, 2.45) is 5.92 Å². The van der Waals surface area contributed by atoms with Crippen LogP contribution in [0.3, 0.4) is 0 Å². The van der Waals surface area contributed by atoms with Crippen molar-refractivity contribution >= 4 is 11.9 Å². The third-order valence-electron chi connectivity index (χ3n) is 3.17. The molecule has 1 rings (SSSR count). The van der Waals surface area contributed by atoms with Gasteiger partial charge >= 0.3 is 5.97 Å². The van der Waals surface area contributed by atoms with Gasteiger partial charge in [0.05, 0.1) is 0 Å². The fourth-order valence-electron chi connectivity index (χ4n) is 2.25. The van der Waals surface area contributed by atoms with E-state index in [0.29, 0.717) is 12.5 Å². The van der Waals surface area contributed by atoms with Gasteiger partial charge in [-0.2, -0.15) is 0 Å². The normalized spacial score (nSPS) is 22.9. The maximum absolute atomic E-state index is 11.9. The number of nitrogens with zero attached hydrogens (tertiary/aromatic N) is 1. The van der Waals surface area contributed by atoms with Crippen molar-refractivity contribution in [1.82, 2.24) is 4.90 Å². The number of hydrogen-bond acceptors (Lipinski definition) is 2. The average Bonchev–Trinajstić information content (AvgIpc) is 2.16. The van der Waals surface area contributed by atoms with Crippen LogP contribution < -0.4 is 0 Å². The third-order valence-corrected chi connectivity index (χ3v) is 3.17. The summed E-state index contributed by atoms with van der Waals surface area (Å²) in [5.74, 6) is -0.785. The number of amides is 1. The van der Waals surface area contributed by atoms with Gasteiger partial charge in [0.25, 0.3) is 0 Å². The molecule has 1 saturated heterocycles. The number of carboxylic acids is 1. The number of aliphatic carboxylic acids is 1. The van der Waals surface area contributed by atoms with Crippen LogP contribution in [-0.2, 0) is 9.59 Å². The lowest BCUT2D eigenvalue weighted by Gasteiger charge is -2.34. The van der Waals surface area contributed by atoms with Gasteiger partial charge in [-0.3, -0.25) is 9.59 Å². The molecule has 0 spiro atoms. The summed E-state index contributed by atoms with van der Waals surface area (Å²) in [5, 5.41) is 8.63. The summed E-state index contributed by atoms with van der Waals surface area (Å²) in [4.78, 5) is 24.3. The Balaban J connectivity index is 2.41. The molecular weight excluding hydrogens is 206 g/mol. The lowest BCUT2D eigenvalue weighted by atomic mass is 9.99. The van der Waals surface area contributed by atoms with Gasteiger partial charge in [0.15, 0.2) is 0 Å². The van der Waals surface area contributed by atoms with Crippen molar-refractivity contribution in [3.63, 3.8) is 0 Å². The highest BCUT2D eigenvalue weighted by Gasteiger charge is 2.24. The molecule has 2 unspecified atom stereocenters. The zero-order valence-electron chi connectivity index (χ0n) is 10.1. The second kappa shape index (κ2) is 5.87. The van der Waals surface area contributed by atoms with E-state index in [0.717, 1.165) is 19.4 Å². The first-order valence-corrected chi connectivity index (χ1v) is 6.02. The molecule has 2 atom stereocenters. The molecule has 0 aromatic carbocycles. The average molecular weight is 227 g/mol. The minimum Gasteiger partial charge on any atom is -0.481 e. The minimum atomic E-state index is -0.827. The Morgan fingerprint density at radius 1 is 1.38 bits per heavy atom. The fraction of sp³-hybridized carbons (Fsp3) is 0.833. The van der Waals surface area contributed by atoms with Crippen LogP contribution in [0.2, 0.25) is 0 Å². The first-order chi connectivity index (χ1) is 7.50. The molecule has 4 heteroatoms. The van der Waals surface area contributed by atoms with Crippen LogP contribution in [-0.4, -0.2) is 34.5 Å². The van der Waals surface area contributed by atoms with Gasteiger partial charge in [-0.25, -0.2) is 0 Å². The van der Waals surface area contributed by atoms with Crippen LogP contribution in [0.1, 0.15) is 46.0 Å². The Bertz CT molecular complexity index is 265. The van der Waals surface area contributed by atoms with E-state index in [1.54, 1.807) is 0 Å². The first kappa shape index (κ1) is 13.0. The second-order valence-electron chi connectivity index (χ2n) is 4.84. The molecule has 1 N–H and O–H groups in total. The number of piperidine rings is 1. The summed E-state index contributed by atoms with van der Waals surface area (Å²) in [6.45, 7) is 4.72. The van der Waals surface area contributed by atoms with Crippen molar-refractivity contribution in [1.29, 1.82) is 0 Å². The van der Waals surface area contributed by atoms with E-state index in [9.17, 15) is 9.59 Å². The molecule has 1 aliphatic heterocycles. The predicted octanol–water partition coefficient (Wildman–Crippen LogP) is 1.89. The van der Waals surface area contributed by atoms with E-state index < -0.39 is 5.97 Å². The van der Waals surface area contributed by atoms with E-state index in [-0.39, 0.29) is 18.2 Å². The Kier molecular flexibility index (Phi) is 4.77. The largest absolute Gasteiger partial charge is 0.481 e. The molecule has 0 aromatic heterocycles. The molecule has 1 amide bonds. The zero-order chi connectivity index (χ0) is 12.1. The number of hydrogen-bond donors (Lipinski definition) is 1. The van der Waals surface area contributed by atoms with Gasteiger partial charge in [-0.05, 0) is 32.1 Å². The quantitative estimate of drug-likeness (QED) is 0.797. The summed E-state index contributed by atoms with van der Waals surface area (Å²) in [6.07, 6.45) is 3.77. The number of carboxylic acid groups (broad SMARTS) is 1.